The van der Waals surface area contributed by atoms with Crippen LogP contribution < -0.4 is 5.32 Å². The largest absolute Gasteiger partial charge is 0.480 e. The summed E-state index contributed by atoms with van der Waals surface area (Å²) in [4.78, 5) is 23.9. The fourth-order valence-electron chi connectivity index (χ4n) is 1.73. The van der Waals surface area contributed by atoms with Crippen molar-refractivity contribution in [2.24, 2.45) is 0 Å². The summed E-state index contributed by atoms with van der Waals surface area (Å²) in [6.07, 6.45) is 1.88. The lowest BCUT2D eigenvalue weighted by atomic mass is 10.2. The number of hydrogen-bond donors (Lipinski definition) is 2. The molecule has 16 heavy (non-hydrogen) atoms. The molecule has 2 N–H and O–H groups in total. The van der Waals surface area contributed by atoms with E-state index < -0.39 is 12.0 Å². The van der Waals surface area contributed by atoms with Gasteiger partial charge in [-0.05, 0) is 19.8 Å². The number of amides is 2. The van der Waals surface area contributed by atoms with Crippen LogP contribution in [0.25, 0.3) is 0 Å². The number of carboxylic acid groups (broad SMARTS) is 1. The summed E-state index contributed by atoms with van der Waals surface area (Å²) >= 11 is 0. The quantitative estimate of drug-likeness (QED) is 0.546. The normalized spacial score (nSPS) is 18.8. The summed E-state index contributed by atoms with van der Waals surface area (Å²) < 4.78 is 0. The third kappa shape index (κ3) is 3.16. The Morgan fingerprint density at radius 3 is 2.94 bits per heavy atom. The van der Waals surface area contributed by atoms with Crippen molar-refractivity contribution in [3.8, 4) is 11.8 Å². The van der Waals surface area contributed by atoms with Gasteiger partial charge >= 0.3 is 12.0 Å². The molecule has 1 saturated heterocycles. The first-order valence-electron chi connectivity index (χ1n) is 5.33. The lowest BCUT2D eigenvalue weighted by molar-refractivity contribution is -0.141. The molecule has 0 saturated carbocycles. The number of hydrogen-bond acceptors (Lipinski definition) is 2. The third-order valence-electron chi connectivity index (χ3n) is 2.50. The molecule has 0 aliphatic carbocycles. The molecule has 0 bridgehead atoms. The van der Waals surface area contributed by atoms with E-state index >= 15 is 0 Å². The van der Waals surface area contributed by atoms with E-state index in [2.05, 4.69) is 17.2 Å². The summed E-state index contributed by atoms with van der Waals surface area (Å²) in [5, 5.41) is 11.6. The number of nitrogens with one attached hydrogen (secondary N) is 1. The van der Waals surface area contributed by atoms with Crippen LogP contribution in [0.2, 0.25) is 0 Å². The number of nitrogens with zero attached hydrogens (tertiary/aromatic N) is 1. The molecule has 5 nitrogen and oxygen atoms in total. The molecule has 1 aliphatic heterocycles. The number of aliphatic carboxylic acids is 1. The minimum atomic E-state index is -0.930. The lowest BCUT2D eigenvalue weighted by Gasteiger charge is -2.21. The van der Waals surface area contributed by atoms with Gasteiger partial charge in [0.05, 0.1) is 0 Å². The highest BCUT2D eigenvalue weighted by Crippen LogP contribution is 2.16. The number of urea groups is 1. The first kappa shape index (κ1) is 12.4. The number of likely N-dealkylation sites (tertiary alicyclic amines) is 1. The standard InChI is InChI=1S/C11H16N2O3/c1-2-3-4-7-12-11(16)13-8-5-6-9(13)10(14)15/h9H,4-8H2,1H3,(H,12,16)(H,14,15)/t9-/m1/s1. The molecule has 1 rings (SSSR count). The Hall–Kier alpha value is -1.70. The molecule has 0 unspecified atom stereocenters. The fourth-order valence-corrected chi connectivity index (χ4v) is 1.73. The van der Waals surface area contributed by atoms with Gasteiger partial charge in [-0.2, -0.15) is 0 Å². The Morgan fingerprint density at radius 2 is 2.31 bits per heavy atom. The van der Waals surface area contributed by atoms with Gasteiger partial charge in [-0.25, -0.2) is 9.59 Å². The van der Waals surface area contributed by atoms with E-state index in [-0.39, 0.29) is 6.03 Å². The number of rotatable bonds is 3. The molecule has 1 atom stereocenters. The van der Waals surface area contributed by atoms with Gasteiger partial charge in [0, 0.05) is 19.5 Å². The molecule has 88 valence electrons. The zero-order valence-corrected chi connectivity index (χ0v) is 9.32. The highest BCUT2D eigenvalue weighted by Gasteiger charge is 2.33. The van der Waals surface area contributed by atoms with Crippen molar-refractivity contribution in [3.63, 3.8) is 0 Å². The van der Waals surface area contributed by atoms with Gasteiger partial charge in [0.15, 0.2) is 0 Å². The van der Waals surface area contributed by atoms with Gasteiger partial charge in [-0.15, -0.1) is 11.8 Å². The van der Waals surface area contributed by atoms with E-state index in [1.807, 2.05) is 0 Å². The average molecular weight is 224 g/mol. The Balaban J connectivity index is 2.40. The molecule has 0 aromatic carbocycles. The first-order valence-corrected chi connectivity index (χ1v) is 5.33. The van der Waals surface area contributed by atoms with Crippen molar-refractivity contribution < 1.29 is 14.7 Å². The second-order valence-electron chi connectivity index (χ2n) is 3.60. The van der Waals surface area contributed by atoms with Crippen molar-refractivity contribution in [2.45, 2.75) is 32.2 Å². The summed E-state index contributed by atoms with van der Waals surface area (Å²) in [7, 11) is 0. The second kappa shape index (κ2) is 6.01. The molecule has 1 heterocycles. The van der Waals surface area contributed by atoms with Crippen molar-refractivity contribution in [3.05, 3.63) is 0 Å². The Bertz CT molecular complexity index is 330. The van der Waals surface area contributed by atoms with Crippen LogP contribution in [0.15, 0.2) is 0 Å². The predicted molar refractivity (Wildman–Crippen MR) is 58.8 cm³/mol. The molecule has 0 spiro atoms. The topological polar surface area (TPSA) is 69.6 Å². The van der Waals surface area contributed by atoms with Crippen LogP contribution in [-0.4, -0.2) is 41.1 Å². The van der Waals surface area contributed by atoms with Crippen LogP contribution in [0.4, 0.5) is 4.79 Å². The van der Waals surface area contributed by atoms with Gasteiger partial charge in [-0.1, -0.05) is 0 Å². The molecule has 0 radical (unpaired) electrons. The first-order chi connectivity index (χ1) is 7.66. The summed E-state index contributed by atoms with van der Waals surface area (Å²) in [5.74, 6) is 4.63. The van der Waals surface area contributed by atoms with E-state index in [0.29, 0.717) is 25.9 Å². The minimum absolute atomic E-state index is 0.303. The highest BCUT2D eigenvalue weighted by atomic mass is 16.4. The zero-order chi connectivity index (χ0) is 12.0. The number of carboxylic acids is 1. The van der Waals surface area contributed by atoms with Crippen molar-refractivity contribution >= 4 is 12.0 Å². The molecule has 0 aromatic heterocycles. The van der Waals surface area contributed by atoms with Crippen LogP contribution in [0.3, 0.4) is 0 Å². The van der Waals surface area contributed by atoms with Gasteiger partial charge < -0.3 is 15.3 Å². The van der Waals surface area contributed by atoms with Crippen molar-refractivity contribution in [1.82, 2.24) is 10.2 Å². The molecule has 1 aliphatic rings. The Kier molecular flexibility index (Phi) is 4.65. The monoisotopic (exact) mass is 224 g/mol. The molecular weight excluding hydrogens is 208 g/mol. The van der Waals surface area contributed by atoms with Crippen molar-refractivity contribution in [2.75, 3.05) is 13.1 Å². The maximum Gasteiger partial charge on any atom is 0.326 e. The SMILES string of the molecule is CC#CCCNC(=O)N1CCC[C@@H]1C(=O)O. The van der Waals surface area contributed by atoms with Gasteiger partial charge in [0.2, 0.25) is 0 Å². The predicted octanol–water partition coefficient (Wildman–Crippen LogP) is 0.658. The van der Waals surface area contributed by atoms with Gasteiger partial charge in [0.25, 0.3) is 0 Å². The highest BCUT2D eigenvalue weighted by molar-refractivity contribution is 5.83. The number of carbonyl (C=O) groups excluding carboxylic acids is 1. The van der Waals surface area contributed by atoms with E-state index in [9.17, 15) is 9.59 Å². The van der Waals surface area contributed by atoms with E-state index in [1.54, 1.807) is 6.92 Å². The maximum absolute atomic E-state index is 11.6. The Labute approximate surface area is 94.8 Å². The van der Waals surface area contributed by atoms with E-state index in [4.69, 9.17) is 5.11 Å². The number of carbonyl (C=O) groups is 2. The fraction of sp³-hybridized carbons (Fsp3) is 0.636. The van der Waals surface area contributed by atoms with Crippen molar-refractivity contribution in [1.29, 1.82) is 0 Å². The lowest BCUT2D eigenvalue weighted by Crippen LogP contribution is -2.46. The maximum atomic E-state index is 11.6. The van der Waals surface area contributed by atoms with E-state index in [1.165, 1.54) is 4.90 Å². The summed E-state index contributed by atoms with van der Waals surface area (Å²) in [6.45, 7) is 2.72. The molecule has 5 heteroatoms. The molecule has 1 fully saturated rings. The van der Waals surface area contributed by atoms with Crippen LogP contribution in [0.1, 0.15) is 26.2 Å². The van der Waals surface area contributed by atoms with Gasteiger partial charge in [0.1, 0.15) is 6.04 Å². The minimum Gasteiger partial charge on any atom is -0.480 e. The Morgan fingerprint density at radius 1 is 1.56 bits per heavy atom. The zero-order valence-electron chi connectivity index (χ0n) is 9.32. The van der Waals surface area contributed by atoms with Crippen LogP contribution in [0.5, 0.6) is 0 Å². The third-order valence-corrected chi connectivity index (χ3v) is 2.50. The van der Waals surface area contributed by atoms with Gasteiger partial charge in [-0.3, -0.25) is 0 Å². The molecule has 0 aromatic rings. The second-order valence-corrected chi connectivity index (χ2v) is 3.60. The van der Waals surface area contributed by atoms with Crippen LogP contribution in [-0.2, 0) is 4.79 Å². The average Bonchev–Trinajstić information content (AvgIpc) is 2.73. The molecular formula is C11H16N2O3. The molecule has 2 amide bonds. The van der Waals surface area contributed by atoms with Crippen LogP contribution in [0, 0.1) is 11.8 Å². The summed E-state index contributed by atoms with van der Waals surface area (Å²) in [5.41, 5.74) is 0. The summed E-state index contributed by atoms with van der Waals surface area (Å²) in [6, 6.07) is -0.972. The van der Waals surface area contributed by atoms with Crippen LogP contribution >= 0.6 is 0 Å². The smallest absolute Gasteiger partial charge is 0.326 e. The van der Waals surface area contributed by atoms with E-state index in [0.717, 1.165) is 6.42 Å².